The van der Waals surface area contributed by atoms with Gasteiger partial charge >= 0.3 is 6.61 Å². The van der Waals surface area contributed by atoms with Crippen LogP contribution in [0.15, 0.2) is 24.4 Å². The molecule has 0 spiro atoms. The molecule has 2 aromatic rings. The number of aryl methyl sites for hydroxylation is 2. The van der Waals surface area contributed by atoms with Gasteiger partial charge in [-0.2, -0.15) is 8.78 Å². The largest absolute Gasteiger partial charge is 0.434 e. The second kappa shape index (κ2) is 7.30. The van der Waals surface area contributed by atoms with Crippen molar-refractivity contribution in [2.24, 2.45) is 0 Å². The molecule has 0 aliphatic carbocycles. The first-order chi connectivity index (χ1) is 11.5. The van der Waals surface area contributed by atoms with Crippen molar-refractivity contribution in [3.63, 3.8) is 0 Å². The molecule has 0 fully saturated rings. The highest BCUT2D eigenvalue weighted by Crippen LogP contribution is 2.28. The summed E-state index contributed by atoms with van der Waals surface area (Å²) in [5, 5.41) is 3.41. The fourth-order valence-corrected chi connectivity index (χ4v) is 3.20. The molecular weight excluding hydrogens is 312 g/mol. The van der Waals surface area contributed by atoms with Gasteiger partial charge in [0.15, 0.2) is 0 Å². The molecule has 1 aliphatic rings. The van der Waals surface area contributed by atoms with E-state index in [2.05, 4.69) is 19.6 Å². The summed E-state index contributed by atoms with van der Waals surface area (Å²) in [5.74, 6) is 1.37. The van der Waals surface area contributed by atoms with Crippen LogP contribution in [0.25, 0.3) is 0 Å². The predicted molar refractivity (Wildman–Crippen MR) is 88.2 cm³/mol. The van der Waals surface area contributed by atoms with Crippen LogP contribution in [0, 0.1) is 6.92 Å². The lowest BCUT2D eigenvalue weighted by molar-refractivity contribution is -0.0506. The van der Waals surface area contributed by atoms with Crippen molar-refractivity contribution < 1.29 is 13.5 Å². The summed E-state index contributed by atoms with van der Waals surface area (Å²) in [6.45, 7) is 2.73. The van der Waals surface area contributed by atoms with Crippen LogP contribution in [0.4, 0.5) is 8.78 Å². The number of fused-ring (bicyclic) bond motifs is 1. The molecule has 2 heterocycles. The molecule has 1 aromatic carbocycles. The van der Waals surface area contributed by atoms with Crippen LogP contribution in [0.1, 0.15) is 48.5 Å². The Hall–Kier alpha value is -1.95. The summed E-state index contributed by atoms with van der Waals surface area (Å²) in [7, 11) is 0. The Morgan fingerprint density at radius 2 is 2.17 bits per heavy atom. The normalized spacial score (nSPS) is 15.4. The molecule has 6 heteroatoms. The molecule has 130 valence electrons. The number of ether oxygens (including phenoxy) is 1. The maximum Gasteiger partial charge on any atom is 0.387 e. The van der Waals surface area contributed by atoms with E-state index >= 15 is 0 Å². The molecule has 0 saturated heterocycles. The number of nitrogens with zero attached hydrogens (tertiary/aromatic N) is 2. The third-order valence-electron chi connectivity index (χ3n) is 4.49. The third-order valence-corrected chi connectivity index (χ3v) is 4.49. The van der Waals surface area contributed by atoms with E-state index in [9.17, 15) is 8.78 Å². The molecular formula is C18H23F2N3O. The average Bonchev–Trinajstić information content (AvgIpc) is 2.97. The van der Waals surface area contributed by atoms with Crippen molar-refractivity contribution >= 4 is 0 Å². The van der Waals surface area contributed by atoms with Gasteiger partial charge in [-0.05, 0) is 32.8 Å². The van der Waals surface area contributed by atoms with Crippen LogP contribution in [-0.4, -0.2) is 16.2 Å². The lowest BCUT2D eigenvalue weighted by atomic mass is 10.0. The topological polar surface area (TPSA) is 39.1 Å². The molecule has 1 atom stereocenters. The van der Waals surface area contributed by atoms with Crippen LogP contribution in [0.3, 0.4) is 0 Å². The standard InChI is InChI=1S/C18H23F2N3O/c1-12-6-7-16(24-18(19)20)15(9-12)13(2)21-10-14-11-22-17-5-3-4-8-23(14)17/h6-7,9,11,13,18,21H,3-5,8,10H2,1-2H3. The van der Waals surface area contributed by atoms with E-state index in [1.165, 1.54) is 12.8 Å². The number of imidazole rings is 1. The van der Waals surface area contributed by atoms with Gasteiger partial charge in [0.25, 0.3) is 0 Å². The number of halogens is 2. The van der Waals surface area contributed by atoms with Crippen LogP contribution in [-0.2, 0) is 19.5 Å². The molecule has 0 bridgehead atoms. The minimum atomic E-state index is -2.82. The van der Waals surface area contributed by atoms with Crippen molar-refractivity contribution in [1.29, 1.82) is 0 Å². The van der Waals surface area contributed by atoms with E-state index in [-0.39, 0.29) is 11.8 Å². The summed E-state index contributed by atoms with van der Waals surface area (Å²) >= 11 is 0. The van der Waals surface area contributed by atoms with Gasteiger partial charge in [-0.3, -0.25) is 0 Å². The SMILES string of the molecule is Cc1ccc(OC(F)F)c(C(C)NCc2cnc3n2CCCC3)c1. The molecule has 1 unspecified atom stereocenters. The van der Waals surface area contributed by atoms with E-state index in [1.54, 1.807) is 12.1 Å². The summed E-state index contributed by atoms with van der Waals surface area (Å²) in [4.78, 5) is 4.48. The number of aromatic nitrogens is 2. The lowest BCUT2D eigenvalue weighted by Gasteiger charge is -2.20. The monoisotopic (exact) mass is 335 g/mol. The number of benzene rings is 1. The Kier molecular flexibility index (Phi) is 5.14. The minimum absolute atomic E-state index is 0.103. The summed E-state index contributed by atoms with van der Waals surface area (Å²) < 4.78 is 32.1. The van der Waals surface area contributed by atoms with Crippen LogP contribution >= 0.6 is 0 Å². The average molecular weight is 335 g/mol. The van der Waals surface area contributed by atoms with Gasteiger partial charge < -0.3 is 14.6 Å². The number of nitrogens with one attached hydrogen (secondary N) is 1. The molecule has 3 rings (SSSR count). The number of alkyl halides is 2. The molecule has 1 N–H and O–H groups in total. The zero-order chi connectivity index (χ0) is 17.1. The molecule has 0 amide bonds. The first-order valence-corrected chi connectivity index (χ1v) is 8.36. The number of rotatable bonds is 6. The van der Waals surface area contributed by atoms with Crippen molar-refractivity contribution in [2.75, 3.05) is 0 Å². The molecule has 0 radical (unpaired) electrons. The van der Waals surface area contributed by atoms with Crippen LogP contribution < -0.4 is 10.1 Å². The van der Waals surface area contributed by atoms with Crippen molar-refractivity contribution in [3.05, 3.63) is 47.0 Å². The minimum Gasteiger partial charge on any atom is -0.434 e. The Morgan fingerprint density at radius 3 is 2.96 bits per heavy atom. The van der Waals surface area contributed by atoms with Gasteiger partial charge in [0, 0.05) is 37.3 Å². The highest BCUT2D eigenvalue weighted by molar-refractivity contribution is 5.39. The summed E-state index contributed by atoms with van der Waals surface area (Å²) in [6, 6.07) is 5.17. The third kappa shape index (κ3) is 3.75. The maximum absolute atomic E-state index is 12.6. The molecule has 24 heavy (non-hydrogen) atoms. The van der Waals surface area contributed by atoms with Crippen molar-refractivity contribution in [3.8, 4) is 5.75 Å². The molecule has 4 nitrogen and oxygen atoms in total. The Bertz CT molecular complexity index is 700. The van der Waals surface area contributed by atoms with Gasteiger partial charge in [-0.25, -0.2) is 4.98 Å². The fourth-order valence-electron chi connectivity index (χ4n) is 3.20. The molecule has 1 aliphatic heterocycles. The van der Waals surface area contributed by atoms with Crippen LogP contribution in [0.2, 0.25) is 0 Å². The first-order valence-electron chi connectivity index (χ1n) is 8.36. The van der Waals surface area contributed by atoms with Gasteiger partial charge in [0.05, 0.1) is 5.69 Å². The Labute approximate surface area is 140 Å². The molecule has 1 aromatic heterocycles. The van der Waals surface area contributed by atoms with Crippen LogP contribution in [0.5, 0.6) is 5.75 Å². The first kappa shape index (κ1) is 16.9. The quantitative estimate of drug-likeness (QED) is 0.868. The smallest absolute Gasteiger partial charge is 0.387 e. The summed E-state index contributed by atoms with van der Waals surface area (Å²) in [6.07, 6.45) is 5.31. The van der Waals surface area contributed by atoms with E-state index in [0.29, 0.717) is 6.54 Å². The van der Waals surface area contributed by atoms with E-state index < -0.39 is 6.61 Å². The van der Waals surface area contributed by atoms with E-state index in [0.717, 1.165) is 35.6 Å². The van der Waals surface area contributed by atoms with Gasteiger partial charge in [0.2, 0.25) is 0 Å². The van der Waals surface area contributed by atoms with E-state index in [4.69, 9.17) is 0 Å². The Balaban J connectivity index is 1.72. The zero-order valence-corrected chi connectivity index (χ0v) is 14.1. The predicted octanol–water partition coefficient (Wildman–Crippen LogP) is 3.98. The number of hydrogen-bond donors (Lipinski definition) is 1. The maximum atomic E-state index is 12.6. The number of hydrogen-bond acceptors (Lipinski definition) is 3. The zero-order valence-electron chi connectivity index (χ0n) is 14.1. The molecule has 0 saturated carbocycles. The van der Waals surface area contributed by atoms with Gasteiger partial charge in [-0.15, -0.1) is 0 Å². The van der Waals surface area contributed by atoms with Crippen molar-refractivity contribution in [2.45, 2.75) is 58.9 Å². The Morgan fingerprint density at radius 1 is 1.33 bits per heavy atom. The second-order valence-corrected chi connectivity index (χ2v) is 6.30. The van der Waals surface area contributed by atoms with Gasteiger partial charge in [0.1, 0.15) is 11.6 Å². The highest BCUT2D eigenvalue weighted by atomic mass is 19.3. The second-order valence-electron chi connectivity index (χ2n) is 6.30. The van der Waals surface area contributed by atoms with E-state index in [1.807, 2.05) is 26.1 Å². The lowest BCUT2D eigenvalue weighted by Crippen LogP contribution is -2.22. The van der Waals surface area contributed by atoms with Crippen molar-refractivity contribution in [1.82, 2.24) is 14.9 Å². The van der Waals surface area contributed by atoms with Gasteiger partial charge in [-0.1, -0.05) is 17.7 Å². The fraction of sp³-hybridized carbons (Fsp3) is 0.500. The highest BCUT2D eigenvalue weighted by Gasteiger charge is 2.17. The summed E-state index contributed by atoms with van der Waals surface area (Å²) in [5.41, 5.74) is 2.90.